The molecule has 2 aromatic heterocycles. The molecule has 1 N–H and O–H groups in total. The Kier molecular flexibility index (Phi) is 4.03. The third-order valence-corrected chi connectivity index (χ3v) is 4.72. The third-order valence-electron chi connectivity index (χ3n) is 4.72. The Morgan fingerprint density at radius 2 is 2.29 bits per heavy atom. The molecule has 4 heterocycles. The second kappa shape index (κ2) is 6.33. The summed E-state index contributed by atoms with van der Waals surface area (Å²) in [5.74, 6) is 2.36. The van der Waals surface area contributed by atoms with Crippen molar-refractivity contribution in [2.75, 3.05) is 25.0 Å². The highest BCUT2D eigenvalue weighted by molar-refractivity contribution is 5.92. The summed E-state index contributed by atoms with van der Waals surface area (Å²) in [5, 5.41) is 2.83. The van der Waals surface area contributed by atoms with Crippen molar-refractivity contribution in [1.29, 1.82) is 0 Å². The number of hydrogen-bond donors (Lipinski definition) is 1. The molecule has 4 rings (SSSR count). The molecule has 7 nitrogen and oxygen atoms in total. The second-order valence-electron chi connectivity index (χ2n) is 6.43. The number of carbonyl (C=O) groups excluding carboxylic acids is 1. The van der Waals surface area contributed by atoms with Crippen LogP contribution in [-0.4, -0.2) is 46.6 Å². The molecular formula is C17H20N4O3. The van der Waals surface area contributed by atoms with Gasteiger partial charge in [0.2, 0.25) is 5.91 Å². The summed E-state index contributed by atoms with van der Waals surface area (Å²) in [6, 6.07) is 3.97. The minimum atomic E-state index is -0.152. The zero-order valence-corrected chi connectivity index (χ0v) is 13.5. The van der Waals surface area contributed by atoms with Crippen LogP contribution in [0.15, 0.2) is 35.1 Å². The van der Waals surface area contributed by atoms with Gasteiger partial charge in [-0.3, -0.25) is 14.7 Å². The van der Waals surface area contributed by atoms with Crippen molar-refractivity contribution in [3.63, 3.8) is 0 Å². The van der Waals surface area contributed by atoms with Crippen LogP contribution >= 0.6 is 0 Å². The fourth-order valence-electron chi connectivity index (χ4n) is 3.57. The molecule has 24 heavy (non-hydrogen) atoms. The zero-order chi connectivity index (χ0) is 16.5. The van der Waals surface area contributed by atoms with Gasteiger partial charge in [-0.1, -0.05) is 0 Å². The first-order chi connectivity index (χ1) is 11.7. The van der Waals surface area contributed by atoms with Crippen LogP contribution in [0.25, 0.3) is 0 Å². The predicted octanol–water partition coefficient (Wildman–Crippen LogP) is 1.46. The minimum Gasteiger partial charge on any atom is -0.465 e. The number of likely N-dealkylation sites (tertiary alicyclic amines) is 1. The number of amides is 1. The second-order valence-corrected chi connectivity index (χ2v) is 6.43. The van der Waals surface area contributed by atoms with Crippen molar-refractivity contribution in [3.8, 4) is 0 Å². The van der Waals surface area contributed by atoms with E-state index in [1.807, 2.05) is 19.1 Å². The van der Waals surface area contributed by atoms with E-state index in [1.54, 1.807) is 18.6 Å². The van der Waals surface area contributed by atoms with Gasteiger partial charge in [0, 0.05) is 31.4 Å². The van der Waals surface area contributed by atoms with Gasteiger partial charge in [-0.2, -0.15) is 0 Å². The number of furan rings is 1. The third kappa shape index (κ3) is 3.05. The molecule has 0 radical (unpaired) electrons. The molecule has 2 saturated heterocycles. The summed E-state index contributed by atoms with van der Waals surface area (Å²) in [5.41, 5.74) is 0. The predicted molar refractivity (Wildman–Crippen MR) is 86.1 cm³/mol. The molecule has 7 heteroatoms. The first-order valence-electron chi connectivity index (χ1n) is 8.15. The van der Waals surface area contributed by atoms with E-state index in [-0.39, 0.29) is 23.8 Å². The molecule has 2 aliphatic heterocycles. The highest BCUT2D eigenvalue weighted by Gasteiger charge is 2.46. The number of anilines is 1. The maximum absolute atomic E-state index is 12.5. The highest BCUT2D eigenvalue weighted by atomic mass is 16.5. The van der Waals surface area contributed by atoms with Crippen molar-refractivity contribution < 1.29 is 13.9 Å². The van der Waals surface area contributed by atoms with Gasteiger partial charge in [0.05, 0.1) is 31.4 Å². The number of carbonyl (C=O) groups is 1. The van der Waals surface area contributed by atoms with Crippen LogP contribution in [0.1, 0.15) is 11.5 Å². The summed E-state index contributed by atoms with van der Waals surface area (Å²) >= 11 is 0. The molecule has 1 amide bonds. The molecule has 3 atom stereocenters. The number of aryl methyl sites for hydroxylation is 1. The first-order valence-corrected chi connectivity index (χ1v) is 8.15. The van der Waals surface area contributed by atoms with Crippen LogP contribution < -0.4 is 5.32 Å². The van der Waals surface area contributed by atoms with Gasteiger partial charge in [0.15, 0.2) is 5.82 Å². The molecule has 2 aliphatic rings. The molecule has 2 fully saturated rings. The molecule has 0 aromatic carbocycles. The lowest BCUT2D eigenvalue weighted by Gasteiger charge is -2.18. The summed E-state index contributed by atoms with van der Waals surface area (Å²) in [7, 11) is 0. The molecule has 0 bridgehead atoms. The normalized spacial score (nSPS) is 26.5. The summed E-state index contributed by atoms with van der Waals surface area (Å²) in [6.07, 6.45) is 4.80. The van der Waals surface area contributed by atoms with E-state index < -0.39 is 0 Å². The van der Waals surface area contributed by atoms with Crippen LogP contribution in [0.5, 0.6) is 0 Å². The zero-order valence-electron chi connectivity index (χ0n) is 13.5. The Labute approximate surface area is 140 Å². The minimum absolute atomic E-state index is 0.0429. The molecule has 0 saturated carbocycles. The number of nitrogens with one attached hydrogen (secondary N) is 1. The molecule has 2 aromatic rings. The maximum atomic E-state index is 12.5. The fraction of sp³-hybridized carbons (Fsp3) is 0.471. The molecule has 0 aliphatic carbocycles. The van der Waals surface area contributed by atoms with Crippen molar-refractivity contribution in [1.82, 2.24) is 14.9 Å². The Hall–Kier alpha value is -2.25. The quantitative estimate of drug-likeness (QED) is 0.915. The Balaban J connectivity index is 1.38. The van der Waals surface area contributed by atoms with Crippen molar-refractivity contribution in [3.05, 3.63) is 42.2 Å². The van der Waals surface area contributed by atoms with E-state index in [2.05, 4.69) is 20.2 Å². The van der Waals surface area contributed by atoms with Gasteiger partial charge < -0.3 is 14.5 Å². The number of rotatable bonds is 4. The van der Waals surface area contributed by atoms with Gasteiger partial charge in [0.25, 0.3) is 0 Å². The largest absolute Gasteiger partial charge is 0.465 e. The number of fused-ring (bicyclic) bond motifs is 1. The Bertz CT molecular complexity index is 718. The van der Waals surface area contributed by atoms with Crippen LogP contribution in [0, 0.1) is 18.8 Å². The number of hydrogen-bond acceptors (Lipinski definition) is 6. The molecular weight excluding hydrogens is 308 g/mol. The van der Waals surface area contributed by atoms with Crippen molar-refractivity contribution in [2.45, 2.75) is 19.6 Å². The smallest absolute Gasteiger partial charge is 0.231 e. The van der Waals surface area contributed by atoms with Gasteiger partial charge in [-0.25, -0.2) is 4.98 Å². The van der Waals surface area contributed by atoms with E-state index >= 15 is 0 Å². The average molecular weight is 328 g/mol. The van der Waals surface area contributed by atoms with E-state index in [9.17, 15) is 4.79 Å². The lowest BCUT2D eigenvalue weighted by molar-refractivity contribution is -0.120. The number of nitrogens with zero attached hydrogens (tertiary/aromatic N) is 3. The molecule has 0 unspecified atom stereocenters. The monoisotopic (exact) mass is 328 g/mol. The maximum Gasteiger partial charge on any atom is 0.231 e. The van der Waals surface area contributed by atoms with Gasteiger partial charge >= 0.3 is 0 Å². The van der Waals surface area contributed by atoms with E-state index in [0.717, 1.165) is 31.2 Å². The van der Waals surface area contributed by atoms with E-state index in [1.165, 1.54) is 0 Å². The Morgan fingerprint density at radius 1 is 1.38 bits per heavy atom. The SMILES string of the molecule is Cc1ccc(CN2C[C@@H]3[C@@H](C(=O)Nc4cnccn4)CO[C@@H]3C2)o1. The number of ether oxygens (including phenoxy) is 1. The van der Waals surface area contributed by atoms with E-state index in [4.69, 9.17) is 9.15 Å². The lowest BCUT2D eigenvalue weighted by Crippen LogP contribution is -2.32. The van der Waals surface area contributed by atoms with Gasteiger partial charge in [-0.15, -0.1) is 0 Å². The van der Waals surface area contributed by atoms with E-state index in [0.29, 0.717) is 12.4 Å². The van der Waals surface area contributed by atoms with Crippen LogP contribution in [0.2, 0.25) is 0 Å². The van der Waals surface area contributed by atoms with Crippen molar-refractivity contribution >= 4 is 11.7 Å². The lowest BCUT2D eigenvalue weighted by atomic mass is 9.92. The number of aromatic nitrogens is 2. The topological polar surface area (TPSA) is 80.5 Å². The van der Waals surface area contributed by atoms with Crippen LogP contribution in [-0.2, 0) is 16.1 Å². The average Bonchev–Trinajstić information content (AvgIpc) is 3.24. The van der Waals surface area contributed by atoms with Crippen LogP contribution in [0.3, 0.4) is 0 Å². The Morgan fingerprint density at radius 3 is 3.04 bits per heavy atom. The highest BCUT2D eigenvalue weighted by Crippen LogP contribution is 2.35. The summed E-state index contributed by atoms with van der Waals surface area (Å²) in [4.78, 5) is 22.9. The fourth-order valence-corrected chi connectivity index (χ4v) is 3.57. The summed E-state index contributed by atoms with van der Waals surface area (Å²) in [6.45, 7) is 4.83. The molecule has 126 valence electrons. The van der Waals surface area contributed by atoms with Crippen LogP contribution in [0.4, 0.5) is 5.82 Å². The van der Waals surface area contributed by atoms with Crippen molar-refractivity contribution in [2.24, 2.45) is 11.8 Å². The molecule has 0 spiro atoms. The van der Waals surface area contributed by atoms with Gasteiger partial charge in [-0.05, 0) is 19.1 Å². The first kappa shape index (κ1) is 15.3. The summed E-state index contributed by atoms with van der Waals surface area (Å²) < 4.78 is 11.5. The van der Waals surface area contributed by atoms with Gasteiger partial charge in [0.1, 0.15) is 11.5 Å². The standard InChI is InChI=1S/C17H20N4O3/c1-11-2-3-12(24-11)7-21-8-13-14(10-23-15(13)9-21)17(22)20-16-6-18-4-5-19-16/h2-6,13-15H,7-10H2,1H3,(H,19,20,22)/t13-,14+,15-/m1/s1.